The van der Waals surface area contributed by atoms with Crippen LogP contribution in [0.1, 0.15) is 58.3 Å². The number of hydrogen-bond donors (Lipinski definition) is 1. The standard InChI is InChI=1S/C25H27FN2O3/c26-19-2-4-21-22(15-31-24(21)14-19)16-5-9-28(10-6-16)11-7-23-20-3-1-18(25(27)29)13-17(20)8-12-30-23/h1-4,13-16,23H,5-12H2,(H2,27,29). The summed E-state index contributed by atoms with van der Waals surface area (Å²) in [5.41, 5.74) is 10.2. The fourth-order valence-electron chi connectivity index (χ4n) is 5.04. The molecule has 1 aromatic heterocycles. The molecule has 3 heterocycles. The molecule has 2 aliphatic heterocycles. The lowest BCUT2D eigenvalue weighted by Crippen LogP contribution is -2.34. The number of benzene rings is 2. The molecule has 1 unspecified atom stereocenters. The van der Waals surface area contributed by atoms with Gasteiger partial charge in [-0.25, -0.2) is 4.39 Å². The van der Waals surface area contributed by atoms with Crippen LogP contribution in [-0.2, 0) is 11.2 Å². The van der Waals surface area contributed by atoms with Crippen LogP contribution in [0.2, 0.25) is 0 Å². The van der Waals surface area contributed by atoms with Gasteiger partial charge in [0.2, 0.25) is 5.91 Å². The number of nitrogens with two attached hydrogens (primary N) is 1. The summed E-state index contributed by atoms with van der Waals surface area (Å²) in [4.78, 5) is 14.0. The van der Waals surface area contributed by atoms with E-state index < -0.39 is 0 Å². The number of primary amides is 1. The first-order chi connectivity index (χ1) is 15.1. The van der Waals surface area contributed by atoms with Crippen LogP contribution >= 0.6 is 0 Å². The minimum absolute atomic E-state index is 0.0658. The van der Waals surface area contributed by atoms with Crippen molar-refractivity contribution in [3.05, 3.63) is 70.7 Å². The van der Waals surface area contributed by atoms with Gasteiger partial charge in [0.1, 0.15) is 11.4 Å². The van der Waals surface area contributed by atoms with Crippen molar-refractivity contribution in [1.82, 2.24) is 4.90 Å². The molecule has 0 aliphatic carbocycles. The number of amides is 1. The molecule has 2 aromatic carbocycles. The van der Waals surface area contributed by atoms with E-state index in [0.29, 0.717) is 23.7 Å². The molecular formula is C25H27FN2O3. The molecule has 0 spiro atoms. The molecule has 5 nitrogen and oxygen atoms in total. The van der Waals surface area contributed by atoms with Gasteiger partial charge < -0.3 is 19.8 Å². The molecule has 2 N–H and O–H groups in total. The zero-order valence-corrected chi connectivity index (χ0v) is 17.5. The van der Waals surface area contributed by atoms with Crippen molar-refractivity contribution in [2.24, 2.45) is 5.73 Å². The summed E-state index contributed by atoms with van der Waals surface area (Å²) in [5, 5.41) is 1.03. The SMILES string of the molecule is NC(=O)c1ccc2c(c1)CCOC2CCN1CCC(c2coc3cc(F)ccc23)CC1. The first-order valence-electron chi connectivity index (χ1n) is 11.0. The largest absolute Gasteiger partial charge is 0.464 e. The second-order valence-corrected chi connectivity index (χ2v) is 8.62. The predicted octanol–water partition coefficient (Wildman–Crippen LogP) is 4.55. The fraction of sp³-hybridized carbons (Fsp3) is 0.400. The number of ether oxygens (including phenoxy) is 1. The van der Waals surface area contributed by atoms with Gasteiger partial charge >= 0.3 is 0 Å². The molecule has 1 fully saturated rings. The number of piperidine rings is 1. The Labute approximate surface area is 181 Å². The van der Waals surface area contributed by atoms with E-state index in [9.17, 15) is 9.18 Å². The lowest BCUT2D eigenvalue weighted by atomic mass is 9.89. The summed E-state index contributed by atoms with van der Waals surface area (Å²) in [6, 6.07) is 10.5. The molecule has 3 aromatic rings. The molecular weight excluding hydrogens is 395 g/mol. The summed E-state index contributed by atoms with van der Waals surface area (Å²) < 4.78 is 25.1. The van der Waals surface area contributed by atoms with Crippen LogP contribution in [-0.4, -0.2) is 37.0 Å². The third kappa shape index (κ3) is 4.10. The van der Waals surface area contributed by atoms with Crippen LogP contribution in [0.3, 0.4) is 0 Å². The van der Waals surface area contributed by atoms with E-state index >= 15 is 0 Å². The highest BCUT2D eigenvalue weighted by Gasteiger charge is 2.26. The first-order valence-corrected chi connectivity index (χ1v) is 11.0. The first kappa shape index (κ1) is 20.2. The third-order valence-corrected chi connectivity index (χ3v) is 6.77. The van der Waals surface area contributed by atoms with Gasteiger partial charge in [-0.3, -0.25) is 4.79 Å². The molecule has 5 rings (SSSR count). The Morgan fingerprint density at radius 1 is 1.13 bits per heavy atom. The normalized spacial score (nSPS) is 20.1. The Balaban J connectivity index is 1.19. The predicted molar refractivity (Wildman–Crippen MR) is 117 cm³/mol. The van der Waals surface area contributed by atoms with Crippen molar-refractivity contribution in [1.29, 1.82) is 0 Å². The maximum atomic E-state index is 13.4. The van der Waals surface area contributed by atoms with Crippen molar-refractivity contribution in [3.8, 4) is 0 Å². The van der Waals surface area contributed by atoms with Gasteiger partial charge in [0.05, 0.1) is 19.0 Å². The summed E-state index contributed by atoms with van der Waals surface area (Å²) in [5.74, 6) is -0.202. The number of likely N-dealkylation sites (tertiary alicyclic amines) is 1. The molecule has 1 saturated heterocycles. The zero-order valence-electron chi connectivity index (χ0n) is 17.5. The lowest BCUT2D eigenvalue weighted by Gasteiger charge is -2.33. The summed E-state index contributed by atoms with van der Waals surface area (Å²) >= 11 is 0. The highest BCUT2D eigenvalue weighted by molar-refractivity contribution is 5.93. The van der Waals surface area contributed by atoms with Crippen molar-refractivity contribution in [3.63, 3.8) is 0 Å². The molecule has 0 radical (unpaired) electrons. The van der Waals surface area contributed by atoms with Crippen LogP contribution in [0, 0.1) is 5.82 Å². The molecule has 0 bridgehead atoms. The second kappa shape index (κ2) is 8.44. The van der Waals surface area contributed by atoms with Crippen molar-refractivity contribution >= 4 is 16.9 Å². The van der Waals surface area contributed by atoms with E-state index in [1.807, 2.05) is 18.2 Å². The van der Waals surface area contributed by atoms with Gasteiger partial charge in [0.25, 0.3) is 0 Å². The average molecular weight is 423 g/mol. The summed E-state index contributed by atoms with van der Waals surface area (Å²) in [7, 11) is 0. The van der Waals surface area contributed by atoms with Gasteiger partial charge in [0.15, 0.2) is 0 Å². The van der Waals surface area contributed by atoms with E-state index in [0.717, 1.165) is 50.7 Å². The quantitative estimate of drug-likeness (QED) is 0.655. The van der Waals surface area contributed by atoms with Gasteiger partial charge in [-0.2, -0.15) is 0 Å². The monoisotopic (exact) mass is 422 g/mol. The van der Waals surface area contributed by atoms with Crippen LogP contribution in [0.4, 0.5) is 4.39 Å². The molecule has 1 atom stereocenters. The minimum atomic E-state index is -0.385. The van der Waals surface area contributed by atoms with E-state index in [4.69, 9.17) is 14.9 Å². The lowest BCUT2D eigenvalue weighted by molar-refractivity contribution is 0.0275. The van der Waals surface area contributed by atoms with E-state index in [1.54, 1.807) is 12.3 Å². The van der Waals surface area contributed by atoms with Crippen LogP contribution in [0.15, 0.2) is 47.1 Å². The number of carbonyl (C=O) groups excluding carboxylic acids is 1. The Morgan fingerprint density at radius 3 is 2.77 bits per heavy atom. The average Bonchev–Trinajstić information content (AvgIpc) is 3.20. The Bertz CT molecular complexity index is 1100. The number of rotatable bonds is 5. The van der Waals surface area contributed by atoms with Crippen molar-refractivity contribution in [2.45, 2.75) is 37.7 Å². The van der Waals surface area contributed by atoms with Crippen LogP contribution in [0.5, 0.6) is 0 Å². The second-order valence-electron chi connectivity index (χ2n) is 8.62. The number of furan rings is 1. The van der Waals surface area contributed by atoms with E-state index in [-0.39, 0.29) is 17.8 Å². The highest BCUT2D eigenvalue weighted by Crippen LogP contribution is 2.35. The highest BCUT2D eigenvalue weighted by atomic mass is 19.1. The van der Waals surface area contributed by atoms with E-state index in [2.05, 4.69) is 4.90 Å². The van der Waals surface area contributed by atoms with Crippen LogP contribution in [0.25, 0.3) is 11.0 Å². The maximum absolute atomic E-state index is 13.4. The van der Waals surface area contributed by atoms with Crippen molar-refractivity contribution < 1.29 is 18.3 Å². The van der Waals surface area contributed by atoms with E-state index in [1.165, 1.54) is 28.8 Å². The number of carbonyl (C=O) groups is 1. The molecule has 0 saturated carbocycles. The molecule has 6 heteroatoms. The maximum Gasteiger partial charge on any atom is 0.248 e. The summed E-state index contributed by atoms with van der Waals surface area (Å²) in [6.07, 6.45) is 5.75. The van der Waals surface area contributed by atoms with Crippen LogP contribution < -0.4 is 5.73 Å². The zero-order chi connectivity index (χ0) is 21.4. The summed E-state index contributed by atoms with van der Waals surface area (Å²) in [6.45, 7) is 3.71. The Kier molecular flexibility index (Phi) is 5.50. The Morgan fingerprint density at radius 2 is 1.97 bits per heavy atom. The number of fused-ring (bicyclic) bond motifs is 2. The number of halogens is 1. The minimum Gasteiger partial charge on any atom is -0.464 e. The fourth-order valence-corrected chi connectivity index (χ4v) is 5.04. The van der Waals surface area contributed by atoms with Gasteiger partial charge in [-0.05, 0) is 80.1 Å². The Hall–Kier alpha value is -2.70. The molecule has 162 valence electrons. The van der Waals surface area contributed by atoms with Gasteiger partial charge in [-0.1, -0.05) is 6.07 Å². The smallest absolute Gasteiger partial charge is 0.248 e. The molecule has 1 amide bonds. The topological polar surface area (TPSA) is 68.7 Å². The van der Waals surface area contributed by atoms with Crippen molar-refractivity contribution in [2.75, 3.05) is 26.2 Å². The van der Waals surface area contributed by atoms with Gasteiger partial charge in [-0.15, -0.1) is 0 Å². The number of hydrogen-bond acceptors (Lipinski definition) is 4. The molecule has 31 heavy (non-hydrogen) atoms. The van der Waals surface area contributed by atoms with Gasteiger partial charge in [0, 0.05) is 29.1 Å². The number of nitrogens with zero attached hydrogens (tertiary/aromatic N) is 1. The third-order valence-electron chi connectivity index (χ3n) is 6.77. The molecule has 2 aliphatic rings.